The highest BCUT2D eigenvalue weighted by molar-refractivity contribution is 5.58. The van der Waals surface area contributed by atoms with Gasteiger partial charge in [-0.15, -0.1) is 0 Å². The summed E-state index contributed by atoms with van der Waals surface area (Å²) in [5, 5.41) is 12.2. The van der Waals surface area contributed by atoms with Gasteiger partial charge in [-0.3, -0.25) is 0 Å². The molecule has 0 spiro atoms. The number of anilines is 1. The monoisotopic (exact) mass is 181 g/mol. The van der Waals surface area contributed by atoms with E-state index in [-0.39, 0.29) is 11.9 Å². The topological polar surface area (TPSA) is 41.5 Å². The van der Waals surface area contributed by atoms with E-state index in [0.717, 1.165) is 5.69 Å². The van der Waals surface area contributed by atoms with Crippen molar-refractivity contribution < 1.29 is 9.84 Å². The summed E-state index contributed by atoms with van der Waals surface area (Å²) in [6, 6.07) is 5.01. The predicted octanol–water partition coefficient (Wildman–Crippen LogP) is 2.22. The molecule has 72 valence electrons. The molecule has 13 heavy (non-hydrogen) atoms. The van der Waals surface area contributed by atoms with Crippen LogP contribution >= 0.6 is 0 Å². The van der Waals surface area contributed by atoms with E-state index in [9.17, 15) is 5.11 Å². The Balaban J connectivity index is 2.94. The average Bonchev–Trinajstić information content (AvgIpc) is 2.03. The molecule has 0 amide bonds. The van der Waals surface area contributed by atoms with Gasteiger partial charge in [0.15, 0.2) is 0 Å². The van der Waals surface area contributed by atoms with Crippen LogP contribution in [0.15, 0.2) is 18.2 Å². The number of phenolic OH excluding ortho intramolecular Hbond substituents is 1. The van der Waals surface area contributed by atoms with Crippen LogP contribution in [0.25, 0.3) is 0 Å². The summed E-state index contributed by atoms with van der Waals surface area (Å²) in [6.45, 7) is 3.90. The maximum Gasteiger partial charge on any atom is 0.146 e. The highest BCUT2D eigenvalue weighted by Gasteiger charge is 2.04. The number of rotatable bonds is 3. The van der Waals surface area contributed by atoms with Crippen LogP contribution in [-0.4, -0.2) is 18.3 Å². The zero-order valence-corrected chi connectivity index (χ0v) is 8.16. The van der Waals surface area contributed by atoms with Crippen molar-refractivity contribution in [3.8, 4) is 11.5 Å². The van der Waals surface area contributed by atoms with Crippen LogP contribution in [-0.2, 0) is 0 Å². The Labute approximate surface area is 78.3 Å². The van der Waals surface area contributed by atoms with Crippen LogP contribution in [0.4, 0.5) is 5.69 Å². The lowest BCUT2D eigenvalue weighted by atomic mass is 10.2. The van der Waals surface area contributed by atoms with Gasteiger partial charge in [0.05, 0.1) is 11.8 Å². The molecule has 0 saturated carbocycles. The van der Waals surface area contributed by atoms with E-state index in [1.54, 1.807) is 18.2 Å². The van der Waals surface area contributed by atoms with Crippen LogP contribution in [0.2, 0.25) is 0 Å². The van der Waals surface area contributed by atoms with Gasteiger partial charge in [-0.2, -0.15) is 0 Å². The lowest BCUT2D eigenvalue weighted by Gasteiger charge is -2.13. The standard InChI is InChI=1S/C10H15NO2/c1-7(2)13-10-6-8(12)4-5-9(10)11-3/h4-7,11-12H,1-3H3. The van der Waals surface area contributed by atoms with Gasteiger partial charge < -0.3 is 15.2 Å². The third-order valence-corrected chi connectivity index (χ3v) is 1.60. The highest BCUT2D eigenvalue weighted by Crippen LogP contribution is 2.28. The zero-order valence-electron chi connectivity index (χ0n) is 8.16. The molecule has 0 aliphatic carbocycles. The Kier molecular flexibility index (Phi) is 3.01. The molecular weight excluding hydrogens is 166 g/mol. The van der Waals surface area contributed by atoms with Gasteiger partial charge in [-0.25, -0.2) is 0 Å². The largest absolute Gasteiger partial charge is 0.508 e. The van der Waals surface area contributed by atoms with Gasteiger partial charge in [-0.1, -0.05) is 0 Å². The van der Waals surface area contributed by atoms with E-state index in [0.29, 0.717) is 5.75 Å². The first kappa shape index (κ1) is 9.71. The fraction of sp³-hybridized carbons (Fsp3) is 0.400. The summed E-state index contributed by atoms with van der Waals surface area (Å²) in [5.74, 6) is 0.896. The van der Waals surface area contributed by atoms with Crippen molar-refractivity contribution in [2.75, 3.05) is 12.4 Å². The predicted molar refractivity (Wildman–Crippen MR) is 53.4 cm³/mol. The Morgan fingerprint density at radius 1 is 1.38 bits per heavy atom. The average molecular weight is 181 g/mol. The molecule has 3 heteroatoms. The summed E-state index contributed by atoms with van der Waals surface area (Å²) in [6.07, 6.45) is 0.105. The molecule has 0 aliphatic rings. The molecular formula is C10H15NO2. The minimum Gasteiger partial charge on any atom is -0.508 e. The fourth-order valence-corrected chi connectivity index (χ4v) is 1.07. The summed E-state index contributed by atoms with van der Waals surface area (Å²) in [4.78, 5) is 0. The Morgan fingerprint density at radius 3 is 2.62 bits per heavy atom. The van der Waals surface area contributed by atoms with Crippen molar-refractivity contribution in [3.63, 3.8) is 0 Å². The first-order valence-electron chi connectivity index (χ1n) is 4.31. The van der Waals surface area contributed by atoms with Gasteiger partial charge >= 0.3 is 0 Å². The second-order valence-electron chi connectivity index (χ2n) is 3.10. The summed E-state index contributed by atoms with van der Waals surface area (Å²) < 4.78 is 5.49. The number of ether oxygens (including phenoxy) is 1. The molecule has 0 aromatic heterocycles. The molecule has 1 aromatic rings. The molecule has 0 radical (unpaired) electrons. The van der Waals surface area contributed by atoms with Crippen LogP contribution in [0.5, 0.6) is 11.5 Å². The van der Waals surface area contributed by atoms with Crippen LogP contribution in [0, 0.1) is 0 Å². The zero-order chi connectivity index (χ0) is 9.84. The molecule has 0 unspecified atom stereocenters. The quantitative estimate of drug-likeness (QED) is 0.702. The van der Waals surface area contributed by atoms with Crippen molar-refractivity contribution >= 4 is 5.69 Å². The molecule has 0 bridgehead atoms. The van der Waals surface area contributed by atoms with E-state index in [1.165, 1.54) is 0 Å². The molecule has 1 aromatic carbocycles. The Bertz CT molecular complexity index is 284. The highest BCUT2D eigenvalue weighted by atomic mass is 16.5. The minimum absolute atomic E-state index is 0.105. The van der Waals surface area contributed by atoms with Crippen LogP contribution < -0.4 is 10.1 Å². The first-order valence-corrected chi connectivity index (χ1v) is 4.31. The van der Waals surface area contributed by atoms with Crippen molar-refractivity contribution in [2.45, 2.75) is 20.0 Å². The first-order chi connectivity index (χ1) is 6.13. The Hall–Kier alpha value is -1.38. The fourth-order valence-electron chi connectivity index (χ4n) is 1.07. The lowest BCUT2D eigenvalue weighted by molar-refractivity contribution is 0.243. The molecule has 3 nitrogen and oxygen atoms in total. The summed E-state index contributed by atoms with van der Waals surface area (Å²) in [5.41, 5.74) is 0.881. The molecule has 1 rings (SSSR count). The maximum atomic E-state index is 9.24. The summed E-state index contributed by atoms with van der Waals surface area (Å²) >= 11 is 0. The van der Waals surface area contributed by atoms with Crippen molar-refractivity contribution in [3.05, 3.63) is 18.2 Å². The number of hydrogen-bond acceptors (Lipinski definition) is 3. The second kappa shape index (κ2) is 4.03. The number of phenols is 1. The normalized spacial score (nSPS) is 10.2. The molecule has 0 atom stereocenters. The van der Waals surface area contributed by atoms with E-state index in [4.69, 9.17) is 4.74 Å². The lowest BCUT2D eigenvalue weighted by Crippen LogP contribution is -2.07. The maximum absolute atomic E-state index is 9.24. The van der Waals surface area contributed by atoms with Gasteiger partial charge in [0.25, 0.3) is 0 Å². The van der Waals surface area contributed by atoms with Crippen molar-refractivity contribution in [2.24, 2.45) is 0 Å². The van der Waals surface area contributed by atoms with Gasteiger partial charge in [0.1, 0.15) is 11.5 Å². The van der Waals surface area contributed by atoms with E-state index in [1.807, 2.05) is 20.9 Å². The number of aromatic hydroxyl groups is 1. The van der Waals surface area contributed by atoms with Crippen LogP contribution in [0.1, 0.15) is 13.8 Å². The molecule has 0 aliphatic heterocycles. The van der Waals surface area contributed by atoms with E-state index >= 15 is 0 Å². The SMILES string of the molecule is CNc1ccc(O)cc1OC(C)C. The molecule has 2 N–H and O–H groups in total. The smallest absolute Gasteiger partial charge is 0.146 e. The van der Waals surface area contributed by atoms with E-state index in [2.05, 4.69) is 5.32 Å². The third-order valence-electron chi connectivity index (χ3n) is 1.60. The number of nitrogens with one attached hydrogen (secondary N) is 1. The van der Waals surface area contributed by atoms with Gasteiger partial charge in [0, 0.05) is 13.1 Å². The molecule has 0 fully saturated rings. The molecule has 0 heterocycles. The van der Waals surface area contributed by atoms with Crippen molar-refractivity contribution in [1.82, 2.24) is 0 Å². The number of benzene rings is 1. The van der Waals surface area contributed by atoms with Gasteiger partial charge in [-0.05, 0) is 26.0 Å². The molecule has 0 saturated heterocycles. The Morgan fingerprint density at radius 2 is 2.08 bits per heavy atom. The summed E-state index contributed by atoms with van der Waals surface area (Å²) in [7, 11) is 1.82. The second-order valence-corrected chi connectivity index (χ2v) is 3.10. The van der Waals surface area contributed by atoms with E-state index < -0.39 is 0 Å². The van der Waals surface area contributed by atoms with Crippen molar-refractivity contribution in [1.29, 1.82) is 0 Å². The van der Waals surface area contributed by atoms with Crippen LogP contribution in [0.3, 0.4) is 0 Å². The number of hydrogen-bond donors (Lipinski definition) is 2. The minimum atomic E-state index is 0.105. The van der Waals surface area contributed by atoms with Gasteiger partial charge in [0.2, 0.25) is 0 Å². The third kappa shape index (κ3) is 2.54.